The van der Waals surface area contributed by atoms with Gasteiger partial charge >= 0.3 is 0 Å². The zero-order valence-corrected chi connectivity index (χ0v) is 12.0. The molecule has 0 bridgehead atoms. The van der Waals surface area contributed by atoms with Crippen molar-refractivity contribution in [2.24, 2.45) is 5.92 Å². The van der Waals surface area contributed by atoms with Crippen molar-refractivity contribution in [3.63, 3.8) is 0 Å². The highest BCUT2D eigenvalue weighted by molar-refractivity contribution is 5.94. The van der Waals surface area contributed by atoms with Crippen LogP contribution < -0.4 is 5.32 Å². The normalized spacial score (nSPS) is 20.0. The number of piperazine rings is 1. The average Bonchev–Trinajstić information content (AvgIpc) is 2.33. The Kier molecular flexibility index (Phi) is 6.80. The van der Waals surface area contributed by atoms with E-state index in [1.807, 2.05) is 13.8 Å². The van der Waals surface area contributed by atoms with Gasteiger partial charge in [-0.2, -0.15) is 0 Å². The maximum atomic E-state index is 12.2. The van der Waals surface area contributed by atoms with Crippen molar-refractivity contribution < 1.29 is 19.1 Å². The lowest BCUT2D eigenvalue weighted by atomic mass is 10.0. The first-order valence-electron chi connectivity index (χ1n) is 6.69. The van der Waals surface area contributed by atoms with Crippen molar-refractivity contribution in [1.29, 1.82) is 0 Å². The van der Waals surface area contributed by atoms with Gasteiger partial charge in [0.15, 0.2) is 0 Å². The van der Waals surface area contributed by atoms with E-state index in [4.69, 9.17) is 9.47 Å². The van der Waals surface area contributed by atoms with E-state index in [9.17, 15) is 9.59 Å². The van der Waals surface area contributed by atoms with Gasteiger partial charge < -0.3 is 19.7 Å². The molecule has 1 N–H and O–H groups in total. The molecule has 0 aromatic heterocycles. The molecule has 1 saturated heterocycles. The highest BCUT2D eigenvalue weighted by Gasteiger charge is 2.32. The van der Waals surface area contributed by atoms with Crippen LogP contribution in [0.3, 0.4) is 0 Å². The molecular weight excluding hydrogens is 248 g/mol. The fourth-order valence-electron chi connectivity index (χ4n) is 2.01. The Balaban J connectivity index is 2.39. The summed E-state index contributed by atoms with van der Waals surface area (Å²) in [6, 6.07) is -0.389. The van der Waals surface area contributed by atoms with Crippen molar-refractivity contribution in [3.05, 3.63) is 0 Å². The monoisotopic (exact) mass is 272 g/mol. The minimum Gasteiger partial charge on any atom is -0.382 e. The summed E-state index contributed by atoms with van der Waals surface area (Å²) >= 11 is 0. The van der Waals surface area contributed by atoms with Crippen LogP contribution in [0.15, 0.2) is 0 Å². The van der Waals surface area contributed by atoms with E-state index >= 15 is 0 Å². The molecule has 1 aliphatic rings. The molecule has 0 aliphatic carbocycles. The SMILES string of the molecule is COCCOCCN1CC(=O)NC(CC(C)C)C1=O. The molecular formula is C13H24N2O4. The van der Waals surface area contributed by atoms with Crippen LogP contribution in [0.1, 0.15) is 20.3 Å². The Morgan fingerprint density at radius 3 is 2.68 bits per heavy atom. The Morgan fingerprint density at radius 1 is 1.32 bits per heavy atom. The van der Waals surface area contributed by atoms with Gasteiger partial charge in [-0.1, -0.05) is 13.8 Å². The minimum atomic E-state index is -0.389. The van der Waals surface area contributed by atoms with Gasteiger partial charge in [0, 0.05) is 13.7 Å². The number of rotatable bonds is 8. The van der Waals surface area contributed by atoms with E-state index in [1.165, 1.54) is 0 Å². The molecule has 1 aliphatic heterocycles. The Morgan fingerprint density at radius 2 is 2.05 bits per heavy atom. The summed E-state index contributed by atoms with van der Waals surface area (Å²) in [6.45, 7) is 6.10. The van der Waals surface area contributed by atoms with Gasteiger partial charge in [-0.3, -0.25) is 9.59 Å². The molecule has 1 atom stereocenters. The zero-order valence-electron chi connectivity index (χ0n) is 12.0. The third kappa shape index (κ3) is 5.57. The third-order valence-electron chi connectivity index (χ3n) is 2.92. The lowest BCUT2D eigenvalue weighted by Gasteiger charge is -2.33. The van der Waals surface area contributed by atoms with Gasteiger partial charge in [-0.25, -0.2) is 0 Å². The maximum absolute atomic E-state index is 12.2. The van der Waals surface area contributed by atoms with Crippen LogP contribution in [0.5, 0.6) is 0 Å². The standard InChI is InChI=1S/C13H24N2O4/c1-10(2)8-11-13(17)15(9-12(16)14-11)4-5-19-7-6-18-3/h10-11H,4-9H2,1-3H3,(H,14,16). The second-order valence-electron chi connectivity index (χ2n) is 5.11. The van der Waals surface area contributed by atoms with Gasteiger partial charge in [0.1, 0.15) is 6.04 Å². The van der Waals surface area contributed by atoms with Crippen molar-refractivity contribution in [2.45, 2.75) is 26.3 Å². The minimum absolute atomic E-state index is 0.0105. The van der Waals surface area contributed by atoms with Crippen LogP contribution in [-0.2, 0) is 19.1 Å². The number of amides is 2. The largest absolute Gasteiger partial charge is 0.382 e. The number of nitrogens with zero attached hydrogens (tertiary/aromatic N) is 1. The zero-order chi connectivity index (χ0) is 14.3. The maximum Gasteiger partial charge on any atom is 0.245 e. The molecule has 0 aromatic rings. The van der Waals surface area contributed by atoms with Crippen LogP contribution >= 0.6 is 0 Å². The highest BCUT2D eigenvalue weighted by atomic mass is 16.5. The quantitative estimate of drug-likeness (QED) is 0.633. The van der Waals surface area contributed by atoms with Crippen molar-refractivity contribution in [3.8, 4) is 0 Å². The molecule has 2 amide bonds. The topological polar surface area (TPSA) is 67.9 Å². The molecule has 0 saturated carbocycles. The molecule has 0 spiro atoms. The Hall–Kier alpha value is -1.14. The highest BCUT2D eigenvalue weighted by Crippen LogP contribution is 2.11. The van der Waals surface area contributed by atoms with Gasteiger partial charge in [-0.15, -0.1) is 0 Å². The summed E-state index contributed by atoms with van der Waals surface area (Å²) in [4.78, 5) is 25.3. The fraction of sp³-hybridized carbons (Fsp3) is 0.846. The Labute approximate surface area is 114 Å². The predicted molar refractivity (Wildman–Crippen MR) is 70.7 cm³/mol. The summed E-state index contributed by atoms with van der Waals surface area (Å²) in [6.07, 6.45) is 0.672. The number of carbonyl (C=O) groups is 2. The molecule has 0 radical (unpaired) electrons. The number of methoxy groups -OCH3 is 1. The first-order valence-corrected chi connectivity index (χ1v) is 6.69. The average molecular weight is 272 g/mol. The molecule has 1 heterocycles. The van der Waals surface area contributed by atoms with Crippen LogP contribution in [0.4, 0.5) is 0 Å². The second kappa shape index (κ2) is 8.12. The number of hydrogen-bond donors (Lipinski definition) is 1. The molecule has 1 unspecified atom stereocenters. The van der Waals surface area contributed by atoms with Crippen molar-refractivity contribution in [1.82, 2.24) is 10.2 Å². The summed E-state index contributed by atoms with van der Waals surface area (Å²) in [7, 11) is 1.61. The molecule has 110 valence electrons. The molecule has 6 heteroatoms. The number of carbonyl (C=O) groups excluding carboxylic acids is 2. The van der Waals surface area contributed by atoms with Crippen LogP contribution in [0.2, 0.25) is 0 Å². The number of nitrogens with one attached hydrogen (secondary N) is 1. The van der Waals surface area contributed by atoms with Crippen molar-refractivity contribution >= 4 is 11.8 Å². The summed E-state index contributed by atoms with van der Waals surface area (Å²) in [5.41, 5.74) is 0. The number of hydrogen-bond acceptors (Lipinski definition) is 4. The lowest BCUT2D eigenvalue weighted by Crippen LogP contribution is -2.58. The summed E-state index contributed by atoms with van der Waals surface area (Å²) in [5.74, 6) is 0.262. The predicted octanol–water partition coefficient (Wildman–Crippen LogP) is 0.0225. The first kappa shape index (κ1) is 15.9. The summed E-state index contributed by atoms with van der Waals surface area (Å²) in [5, 5.41) is 2.75. The lowest BCUT2D eigenvalue weighted by molar-refractivity contribution is -0.145. The van der Waals surface area contributed by atoms with E-state index in [2.05, 4.69) is 5.32 Å². The first-order chi connectivity index (χ1) is 9.04. The van der Waals surface area contributed by atoms with Crippen LogP contribution in [0.25, 0.3) is 0 Å². The van der Waals surface area contributed by atoms with Gasteiger partial charge in [0.05, 0.1) is 26.4 Å². The second-order valence-corrected chi connectivity index (χ2v) is 5.11. The Bertz CT molecular complexity index is 307. The van der Waals surface area contributed by atoms with Crippen LogP contribution in [-0.4, -0.2) is 62.8 Å². The molecule has 6 nitrogen and oxygen atoms in total. The van der Waals surface area contributed by atoms with E-state index in [1.54, 1.807) is 12.0 Å². The molecule has 1 rings (SSSR count). The van der Waals surface area contributed by atoms with Gasteiger partial charge in [0.25, 0.3) is 0 Å². The molecule has 1 fully saturated rings. The molecule has 19 heavy (non-hydrogen) atoms. The van der Waals surface area contributed by atoms with E-state index < -0.39 is 0 Å². The molecule has 0 aromatic carbocycles. The van der Waals surface area contributed by atoms with Crippen molar-refractivity contribution in [2.75, 3.05) is 40.0 Å². The van der Waals surface area contributed by atoms with Gasteiger partial charge in [-0.05, 0) is 12.3 Å². The fourth-order valence-corrected chi connectivity index (χ4v) is 2.01. The van der Waals surface area contributed by atoms with E-state index in [0.717, 1.165) is 0 Å². The van der Waals surface area contributed by atoms with Crippen LogP contribution in [0, 0.1) is 5.92 Å². The smallest absolute Gasteiger partial charge is 0.245 e. The van der Waals surface area contributed by atoms with E-state index in [-0.39, 0.29) is 24.4 Å². The van der Waals surface area contributed by atoms with E-state index in [0.29, 0.717) is 38.7 Å². The number of ether oxygens (including phenoxy) is 2. The third-order valence-corrected chi connectivity index (χ3v) is 2.92. The van der Waals surface area contributed by atoms with Gasteiger partial charge in [0.2, 0.25) is 11.8 Å². The summed E-state index contributed by atoms with van der Waals surface area (Å²) < 4.78 is 10.2.